The van der Waals surface area contributed by atoms with Crippen LogP contribution in [0.25, 0.3) is 0 Å². The van der Waals surface area contributed by atoms with Crippen LogP contribution in [-0.4, -0.2) is 17.2 Å². The number of hydrogen-bond acceptors (Lipinski definition) is 4. The molecule has 1 aliphatic rings. The third-order valence-corrected chi connectivity index (χ3v) is 3.87. The molecule has 0 unspecified atom stereocenters. The number of aromatic nitrogens is 1. The van der Waals surface area contributed by atoms with Gasteiger partial charge in [0.05, 0.1) is 11.3 Å². The summed E-state index contributed by atoms with van der Waals surface area (Å²) in [7, 11) is 0. The van der Waals surface area contributed by atoms with Crippen molar-refractivity contribution in [3.8, 4) is 0 Å². The Bertz CT molecular complexity index is 787. The average molecular weight is 346 g/mol. The Morgan fingerprint density at radius 2 is 1.96 bits per heavy atom. The van der Waals surface area contributed by atoms with Crippen molar-refractivity contribution >= 4 is 17.2 Å². The molecule has 0 radical (unpaired) electrons. The van der Waals surface area contributed by atoms with Crippen LogP contribution < -0.4 is 10.6 Å². The fourth-order valence-corrected chi connectivity index (χ4v) is 2.59. The van der Waals surface area contributed by atoms with Gasteiger partial charge in [0.15, 0.2) is 0 Å². The highest BCUT2D eigenvalue weighted by molar-refractivity contribution is 6.10. The highest BCUT2D eigenvalue weighted by atomic mass is 19.4. The van der Waals surface area contributed by atoms with Gasteiger partial charge in [-0.3, -0.25) is 0 Å². The van der Waals surface area contributed by atoms with E-state index in [1.807, 2.05) is 0 Å². The van der Waals surface area contributed by atoms with E-state index in [2.05, 4.69) is 15.6 Å². The van der Waals surface area contributed by atoms with Crippen LogP contribution in [0.4, 0.5) is 24.7 Å². The predicted octanol–water partition coefficient (Wildman–Crippen LogP) is 4.48. The smallest absolute Gasteiger partial charge is 0.388 e. The molecule has 0 amide bonds. The van der Waals surface area contributed by atoms with E-state index in [-0.39, 0.29) is 0 Å². The van der Waals surface area contributed by atoms with Gasteiger partial charge in [0.25, 0.3) is 0 Å². The Morgan fingerprint density at radius 1 is 1.20 bits per heavy atom. The van der Waals surface area contributed by atoms with E-state index in [0.29, 0.717) is 22.8 Å². The van der Waals surface area contributed by atoms with Crippen LogP contribution in [0.1, 0.15) is 24.0 Å². The fourth-order valence-electron chi connectivity index (χ4n) is 2.59. The van der Waals surface area contributed by atoms with Crippen molar-refractivity contribution in [1.29, 1.82) is 5.41 Å². The molecule has 1 saturated heterocycles. The maximum absolute atomic E-state index is 12.6. The first-order valence-corrected chi connectivity index (χ1v) is 7.86. The normalized spacial score (nSPS) is 15.9. The van der Waals surface area contributed by atoms with E-state index in [1.165, 1.54) is 12.1 Å². The second-order valence-electron chi connectivity index (χ2n) is 5.71. The van der Waals surface area contributed by atoms with Crippen molar-refractivity contribution in [3.63, 3.8) is 0 Å². The number of anilines is 2. The minimum absolute atomic E-state index is 0.298. The zero-order valence-corrected chi connectivity index (χ0v) is 13.3. The molecule has 3 N–H and O–H groups in total. The van der Waals surface area contributed by atoms with Crippen molar-refractivity contribution in [1.82, 2.24) is 10.3 Å². The molecule has 0 atom stereocenters. The molecule has 7 heteroatoms. The standard InChI is InChI=1S/C18H17F3N4/c19-18(20,21)12-5-7-13(8-6-12)25-17-15(4-2-10-24-17)16(22)11-14-3-1-9-23-14/h2,4-8,10-11,22-23H,1,3,9H2,(H,24,25)/b14-11-,22-16?. The summed E-state index contributed by atoms with van der Waals surface area (Å²) in [5, 5.41) is 14.5. The monoisotopic (exact) mass is 346 g/mol. The van der Waals surface area contributed by atoms with E-state index >= 15 is 0 Å². The number of alkyl halides is 3. The average Bonchev–Trinajstić information content (AvgIpc) is 3.08. The number of hydrogen-bond donors (Lipinski definition) is 3. The highest BCUT2D eigenvalue weighted by Gasteiger charge is 2.29. The van der Waals surface area contributed by atoms with Gasteiger partial charge >= 0.3 is 6.18 Å². The molecule has 1 aromatic carbocycles. The van der Waals surface area contributed by atoms with E-state index in [9.17, 15) is 13.2 Å². The van der Waals surface area contributed by atoms with E-state index < -0.39 is 11.7 Å². The minimum atomic E-state index is -4.36. The Kier molecular flexibility index (Phi) is 4.74. The van der Waals surface area contributed by atoms with Gasteiger partial charge in [-0.2, -0.15) is 13.2 Å². The number of halogens is 3. The van der Waals surface area contributed by atoms with Crippen LogP contribution in [0, 0.1) is 5.41 Å². The van der Waals surface area contributed by atoms with Crippen LogP contribution in [-0.2, 0) is 6.18 Å². The van der Waals surface area contributed by atoms with Crippen LogP contribution >= 0.6 is 0 Å². The molecule has 0 saturated carbocycles. The van der Waals surface area contributed by atoms with Gasteiger partial charge in [0, 0.05) is 29.7 Å². The van der Waals surface area contributed by atoms with E-state index in [4.69, 9.17) is 5.41 Å². The summed E-state index contributed by atoms with van der Waals surface area (Å²) in [5.41, 5.74) is 1.67. The van der Waals surface area contributed by atoms with Gasteiger partial charge in [-0.05, 0) is 55.3 Å². The molecule has 0 aliphatic carbocycles. The molecular formula is C18H17F3N4. The minimum Gasteiger partial charge on any atom is -0.388 e. The lowest BCUT2D eigenvalue weighted by Gasteiger charge is -2.12. The van der Waals surface area contributed by atoms with Crippen molar-refractivity contribution in [3.05, 3.63) is 65.5 Å². The lowest BCUT2D eigenvalue weighted by Crippen LogP contribution is -2.09. The molecule has 2 aromatic rings. The maximum Gasteiger partial charge on any atom is 0.416 e. The van der Waals surface area contributed by atoms with Crippen LogP contribution in [0.2, 0.25) is 0 Å². The van der Waals surface area contributed by atoms with Crippen molar-refractivity contribution in [2.45, 2.75) is 19.0 Å². The van der Waals surface area contributed by atoms with Gasteiger partial charge in [-0.15, -0.1) is 0 Å². The molecular weight excluding hydrogens is 329 g/mol. The zero-order valence-electron chi connectivity index (χ0n) is 13.3. The molecule has 1 aromatic heterocycles. The summed E-state index contributed by atoms with van der Waals surface area (Å²) in [6.07, 6.45) is 0.927. The number of allylic oxidation sites excluding steroid dienone is 2. The molecule has 130 valence electrons. The summed E-state index contributed by atoms with van der Waals surface area (Å²) < 4.78 is 37.9. The first-order valence-electron chi connectivity index (χ1n) is 7.86. The van der Waals surface area contributed by atoms with Gasteiger partial charge in [-0.25, -0.2) is 4.98 Å². The van der Waals surface area contributed by atoms with Gasteiger partial charge in [0.1, 0.15) is 5.82 Å². The van der Waals surface area contributed by atoms with Crippen LogP contribution in [0.5, 0.6) is 0 Å². The van der Waals surface area contributed by atoms with E-state index in [0.717, 1.165) is 37.2 Å². The summed E-state index contributed by atoms with van der Waals surface area (Å²) in [6.45, 7) is 0.906. The first kappa shape index (κ1) is 17.0. The Hall–Kier alpha value is -2.83. The van der Waals surface area contributed by atoms with Crippen molar-refractivity contribution in [2.24, 2.45) is 0 Å². The molecule has 0 spiro atoms. The SMILES string of the molecule is N=C(/C=C1/CCCN1)c1cccnc1Nc1ccc(C(F)(F)F)cc1. The molecule has 1 aliphatic heterocycles. The predicted molar refractivity (Wildman–Crippen MR) is 91.1 cm³/mol. The fraction of sp³-hybridized carbons (Fsp3) is 0.222. The topological polar surface area (TPSA) is 60.8 Å². The number of rotatable bonds is 4. The zero-order chi connectivity index (χ0) is 17.9. The third kappa shape index (κ3) is 4.17. The molecule has 2 heterocycles. The van der Waals surface area contributed by atoms with Gasteiger partial charge in [0.2, 0.25) is 0 Å². The highest BCUT2D eigenvalue weighted by Crippen LogP contribution is 2.30. The number of benzene rings is 1. The quantitative estimate of drug-likeness (QED) is 0.716. The Labute approximate surface area is 143 Å². The summed E-state index contributed by atoms with van der Waals surface area (Å²) in [5.74, 6) is 0.433. The van der Waals surface area contributed by atoms with E-state index in [1.54, 1.807) is 24.4 Å². The van der Waals surface area contributed by atoms with Crippen molar-refractivity contribution < 1.29 is 13.2 Å². The molecule has 1 fully saturated rings. The Morgan fingerprint density at radius 3 is 2.60 bits per heavy atom. The summed E-state index contributed by atoms with van der Waals surface area (Å²) in [6, 6.07) is 8.21. The summed E-state index contributed by atoms with van der Waals surface area (Å²) >= 11 is 0. The van der Waals surface area contributed by atoms with Crippen molar-refractivity contribution in [2.75, 3.05) is 11.9 Å². The second kappa shape index (κ2) is 6.96. The van der Waals surface area contributed by atoms with Gasteiger partial charge in [-0.1, -0.05) is 0 Å². The molecule has 0 bridgehead atoms. The lowest BCUT2D eigenvalue weighted by atomic mass is 10.1. The number of pyridine rings is 1. The summed E-state index contributed by atoms with van der Waals surface area (Å²) in [4.78, 5) is 4.22. The van der Waals surface area contributed by atoms with Gasteiger partial charge < -0.3 is 16.0 Å². The van der Waals surface area contributed by atoms with Crippen LogP contribution in [0.3, 0.4) is 0 Å². The van der Waals surface area contributed by atoms with Crippen LogP contribution in [0.15, 0.2) is 54.4 Å². The first-order chi connectivity index (χ1) is 11.9. The molecule has 3 rings (SSSR count). The Balaban J connectivity index is 1.81. The largest absolute Gasteiger partial charge is 0.416 e. The number of nitrogens with zero attached hydrogens (tertiary/aromatic N) is 1. The maximum atomic E-state index is 12.6. The second-order valence-corrected chi connectivity index (χ2v) is 5.71. The lowest BCUT2D eigenvalue weighted by molar-refractivity contribution is -0.137. The third-order valence-electron chi connectivity index (χ3n) is 3.87. The molecule has 4 nitrogen and oxygen atoms in total. The molecule has 25 heavy (non-hydrogen) atoms. The number of nitrogens with one attached hydrogen (secondary N) is 3.